The van der Waals surface area contributed by atoms with Crippen molar-refractivity contribution in [1.82, 2.24) is 14.6 Å². The van der Waals surface area contributed by atoms with Gasteiger partial charge in [0, 0.05) is 11.8 Å². The third kappa shape index (κ3) is 1.91. The highest BCUT2D eigenvalue weighted by molar-refractivity contribution is 6.15. The molecule has 2 N–H and O–H groups in total. The van der Waals surface area contributed by atoms with Gasteiger partial charge >= 0.3 is 0 Å². The highest BCUT2D eigenvalue weighted by Gasteiger charge is 2.12. The van der Waals surface area contributed by atoms with Crippen molar-refractivity contribution in [3.63, 3.8) is 0 Å². The van der Waals surface area contributed by atoms with Gasteiger partial charge in [0.25, 0.3) is 0 Å². The van der Waals surface area contributed by atoms with Crippen molar-refractivity contribution in [1.29, 1.82) is 0 Å². The van der Waals surface area contributed by atoms with E-state index in [0.717, 1.165) is 9.06 Å². The number of hydrogen-bond donors (Lipinski definition) is 2. The molecular weight excluding hydrogens is 165 g/mol. The molecule has 0 aliphatic carbocycles. The van der Waals surface area contributed by atoms with Gasteiger partial charge in [0.2, 0.25) is 0 Å². The molecule has 0 aromatic carbocycles. The second-order valence-electron chi connectivity index (χ2n) is 1.55. The van der Waals surface area contributed by atoms with Crippen molar-refractivity contribution in [3.8, 4) is 0 Å². The van der Waals surface area contributed by atoms with E-state index in [1.165, 1.54) is 6.20 Å². The summed E-state index contributed by atoms with van der Waals surface area (Å²) in [5, 5.41) is 8.82. The molecule has 0 unspecified atom stereocenters. The molecule has 0 fully saturated rings. The van der Waals surface area contributed by atoms with E-state index in [9.17, 15) is 0 Å². The molecule has 0 aromatic rings. The van der Waals surface area contributed by atoms with Crippen LogP contribution in [-0.2, 0) is 0 Å². The minimum atomic E-state index is 0.110. The van der Waals surface area contributed by atoms with Crippen LogP contribution in [0.2, 0.25) is 0 Å². The molecule has 0 amide bonds. The first-order chi connectivity index (χ1) is 4.18. The first-order valence-electron chi connectivity index (χ1n) is 2.23. The zero-order valence-corrected chi connectivity index (χ0v) is 5.89. The average Bonchev–Trinajstić information content (AvgIpc) is 1.59. The molecule has 0 radical (unpaired) electrons. The van der Waals surface area contributed by atoms with Gasteiger partial charge in [0.1, 0.15) is 5.76 Å². The van der Waals surface area contributed by atoms with Gasteiger partial charge in [-0.1, -0.05) is 0 Å². The first-order valence-corrected chi connectivity index (χ1v) is 2.90. The lowest BCUT2D eigenvalue weighted by atomic mass is 10.5. The van der Waals surface area contributed by atoms with E-state index >= 15 is 0 Å². The predicted molar refractivity (Wildman–Crippen MR) is 34.1 cm³/mol. The smallest absolute Gasteiger partial charge is 0.128 e. The van der Waals surface area contributed by atoms with Crippen molar-refractivity contribution < 1.29 is 5.11 Å². The van der Waals surface area contributed by atoms with Crippen LogP contribution in [0.15, 0.2) is 12.0 Å². The molecule has 0 saturated heterocycles. The lowest BCUT2D eigenvalue weighted by molar-refractivity contribution is 0.173. The van der Waals surface area contributed by atoms with Crippen LogP contribution in [0, 0.1) is 0 Å². The summed E-state index contributed by atoms with van der Waals surface area (Å²) >= 11 is 10.8. The van der Waals surface area contributed by atoms with Crippen molar-refractivity contribution in [3.05, 3.63) is 12.0 Å². The van der Waals surface area contributed by atoms with Crippen LogP contribution in [0.5, 0.6) is 0 Å². The Kier molecular flexibility index (Phi) is 2.02. The van der Waals surface area contributed by atoms with Crippen LogP contribution in [0.1, 0.15) is 0 Å². The maximum absolute atomic E-state index is 8.82. The summed E-state index contributed by atoms with van der Waals surface area (Å²) in [5.74, 6) is 0.110. The summed E-state index contributed by atoms with van der Waals surface area (Å²) in [5.41, 5.74) is 2.47. The SMILES string of the molecule is OC1=CN(Cl)NN(Cl)C1. The minimum Gasteiger partial charge on any atom is -0.509 e. The van der Waals surface area contributed by atoms with Crippen molar-refractivity contribution in [2.75, 3.05) is 6.54 Å². The molecule has 1 rings (SSSR count). The van der Waals surface area contributed by atoms with E-state index in [-0.39, 0.29) is 12.3 Å². The number of hydrazine groups is 2. The number of rotatable bonds is 0. The Morgan fingerprint density at radius 2 is 2.33 bits per heavy atom. The highest BCUT2D eigenvalue weighted by Crippen LogP contribution is 2.06. The molecule has 1 aliphatic rings. The van der Waals surface area contributed by atoms with E-state index in [1.807, 2.05) is 0 Å². The minimum absolute atomic E-state index is 0.110. The Morgan fingerprint density at radius 1 is 1.67 bits per heavy atom. The monoisotopic (exact) mass is 169 g/mol. The molecule has 0 saturated carbocycles. The molecule has 1 aliphatic heterocycles. The maximum Gasteiger partial charge on any atom is 0.128 e. The van der Waals surface area contributed by atoms with E-state index < -0.39 is 0 Å². The van der Waals surface area contributed by atoms with Crippen LogP contribution in [0.4, 0.5) is 0 Å². The third-order valence-electron chi connectivity index (χ3n) is 0.767. The van der Waals surface area contributed by atoms with Gasteiger partial charge < -0.3 is 5.11 Å². The summed E-state index contributed by atoms with van der Waals surface area (Å²) in [6, 6.07) is 0. The fourth-order valence-corrected chi connectivity index (χ4v) is 0.928. The van der Waals surface area contributed by atoms with Gasteiger partial charge in [0.15, 0.2) is 0 Å². The second-order valence-corrected chi connectivity index (χ2v) is 2.32. The summed E-state index contributed by atoms with van der Waals surface area (Å²) in [6.07, 6.45) is 1.32. The van der Waals surface area contributed by atoms with E-state index in [2.05, 4.69) is 5.53 Å². The van der Waals surface area contributed by atoms with Crippen LogP contribution < -0.4 is 5.53 Å². The second kappa shape index (κ2) is 2.62. The fraction of sp³-hybridized carbons (Fsp3) is 0.333. The Labute approximate surface area is 62.4 Å². The Morgan fingerprint density at radius 3 is 2.78 bits per heavy atom. The normalized spacial score (nSPS) is 22.0. The molecule has 6 heteroatoms. The fourth-order valence-electron chi connectivity index (χ4n) is 0.482. The molecule has 52 valence electrons. The summed E-state index contributed by atoms with van der Waals surface area (Å²) in [7, 11) is 0. The van der Waals surface area contributed by atoms with E-state index in [4.69, 9.17) is 28.7 Å². The van der Waals surface area contributed by atoms with Crippen molar-refractivity contribution >= 4 is 23.6 Å². The number of halogens is 2. The molecule has 0 atom stereocenters. The zero-order chi connectivity index (χ0) is 6.85. The molecule has 9 heavy (non-hydrogen) atoms. The number of hydrogen-bond acceptors (Lipinski definition) is 4. The topological polar surface area (TPSA) is 38.7 Å². The van der Waals surface area contributed by atoms with Gasteiger partial charge in [-0.2, -0.15) is 0 Å². The molecule has 0 bridgehead atoms. The molecule has 0 spiro atoms. The highest BCUT2D eigenvalue weighted by atomic mass is 35.5. The van der Waals surface area contributed by atoms with E-state index in [1.54, 1.807) is 0 Å². The quantitative estimate of drug-likeness (QED) is 0.525. The number of nitrogens with one attached hydrogen (secondary N) is 1. The Hall–Kier alpha value is -0.160. The summed E-state index contributed by atoms with van der Waals surface area (Å²) < 4.78 is 2.16. The van der Waals surface area contributed by atoms with E-state index in [0.29, 0.717) is 0 Å². The summed E-state index contributed by atoms with van der Waals surface area (Å²) in [4.78, 5) is 0. The molecule has 0 aromatic heterocycles. The zero-order valence-electron chi connectivity index (χ0n) is 4.38. The van der Waals surface area contributed by atoms with Gasteiger partial charge in [-0.3, -0.25) is 0 Å². The number of aliphatic hydroxyl groups excluding tert-OH is 1. The first kappa shape index (κ1) is 6.95. The number of nitrogens with zero attached hydrogens (tertiary/aromatic N) is 2. The number of aliphatic hydroxyl groups is 1. The lowest BCUT2D eigenvalue weighted by Crippen LogP contribution is -2.42. The van der Waals surface area contributed by atoms with Crippen LogP contribution in [-0.4, -0.2) is 20.7 Å². The summed E-state index contributed by atoms with van der Waals surface area (Å²) in [6.45, 7) is 0.241. The van der Waals surface area contributed by atoms with Crippen molar-refractivity contribution in [2.45, 2.75) is 0 Å². The largest absolute Gasteiger partial charge is 0.509 e. The lowest BCUT2D eigenvalue weighted by Gasteiger charge is -2.23. The molecule has 1 heterocycles. The standard InChI is InChI=1S/C3H5Cl2N3O/c4-7-1-3(9)2-8(5)6-7/h1,6,9H,2H2. The Balaban J connectivity index is 2.56. The van der Waals surface area contributed by atoms with Gasteiger partial charge in [0.05, 0.1) is 12.7 Å². The van der Waals surface area contributed by atoms with Crippen LogP contribution >= 0.6 is 23.6 Å². The van der Waals surface area contributed by atoms with Gasteiger partial charge in [-0.05, 0) is 11.8 Å². The predicted octanol–water partition coefficient (Wildman–Crippen LogP) is 0.731. The van der Waals surface area contributed by atoms with Crippen LogP contribution in [0.25, 0.3) is 0 Å². The molecular formula is C3H5Cl2N3O. The average molecular weight is 170 g/mol. The van der Waals surface area contributed by atoms with Gasteiger partial charge in [-0.15, -0.1) is 10.1 Å². The Bertz CT molecular complexity index is 139. The maximum atomic E-state index is 8.82. The van der Waals surface area contributed by atoms with Crippen LogP contribution in [0.3, 0.4) is 0 Å². The van der Waals surface area contributed by atoms with Gasteiger partial charge in [-0.25, -0.2) is 4.53 Å². The third-order valence-corrected chi connectivity index (χ3v) is 1.14. The van der Waals surface area contributed by atoms with Crippen molar-refractivity contribution in [2.24, 2.45) is 0 Å². The molecule has 4 nitrogen and oxygen atoms in total.